The molecule has 0 bridgehead atoms. The fourth-order valence-corrected chi connectivity index (χ4v) is 8.16. The summed E-state index contributed by atoms with van der Waals surface area (Å²) in [6, 6.07) is 52.1. The van der Waals surface area contributed by atoms with Gasteiger partial charge in [0, 0.05) is 0 Å². The van der Waals surface area contributed by atoms with Gasteiger partial charge in [-0.05, 0) is 116 Å². The predicted octanol–water partition coefficient (Wildman–Crippen LogP) is 12.3. The summed E-state index contributed by atoms with van der Waals surface area (Å²) in [4.78, 5) is 0. The first-order chi connectivity index (χ1) is 21.3. The van der Waals surface area contributed by atoms with E-state index in [0.717, 1.165) is 0 Å². The third-order valence-electron chi connectivity index (χ3n) is 9.86. The highest BCUT2D eigenvalue weighted by molar-refractivity contribution is 6.44. The summed E-state index contributed by atoms with van der Waals surface area (Å²) in [5.41, 5.74) is 6.52. The zero-order chi connectivity index (χ0) is 28.2. The molecule has 0 radical (unpaired) electrons. The Kier molecular flexibility index (Phi) is 4.47. The monoisotopic (exact) mass is 542 g/mol. The minimum Gasteiger partial charge on any atom is -0.0622 e. The van der Waals surface area contributed by atoms with E-state index in [4.69, 9.17) is 0 Å². The lowest BCUT2D eigenvalue weighted by Crippen LogP contribution is -1.91. The van der Waals surface area contributed by atoms with E-state index in [9.17, 15) is 0 Å². The van der Waals surface area contributed by atoms with Crippen LogP contribution in [0.2, 0.25) is 0 Å². The van der Waals surface area contributed by atoms with E-state index in [1.807, 2.05) is 0 Å². The van der Waals surface area contributed by atoms with Crippen molar-refractivity contribution in [1.82, 2.24) is 0 Å². The van der Waals surface area contributed by atoms with Crippen molar-refractivity contribution in [2.75, 3.05) is 0 Å². The summed E-state index contributed by atoms with van der Waals surface area (Å²) in [6.45, 7) is 2.24. The Morgan fingerprint density at radius 1 is 0.279 bits per heavy atom. The van der Waals surface area contributed by atoms with Crippen molar-refractivity contribution in [1.29, 1.82) is 0 Å². The molecular weight excluding hydrogens is 516 g/mol. The molecule has 0 aliphatic heterocycles. The summed E-state index contributed by atoms with van der Waals surface area (Å²) in [5, 5.41) is 18.8. The van der Waals surface area contributed by atoms with Gasteiger partial charge in [0.2, 0.25) is 0 Å². The molecule has 0 aliphatic carbocycles. The van der Waals surface area contributed by atoms with Crippen LogP contribution in [0.25, 0.3) is 97.7 Å². The molecule has 43 heavy (non-hydrogen) atoms. The zero-order valence-corrected chi connectivity index (χ0v) is 23.8. The van der Waals surface area contributed by atoms with Gasteiger partial charge in [-0.3, -0.25) is 0 Å². The van der Waals surface area contributed by atoms with Crippen molar-refractivity contribution < 1.29 is 0 Å². The molecule has 0 nitrogen and oxygen atoms in total. The second-order valence-corrected chi connectivity index (χ2v) is 12.0. The van der Waals surface area contributed by atoms with E-state index in [2.05, 4.69) is 146 Å². The van der Waals surface area contributed by atoms with Crippen LogP contribution in [0.3, 0.4) is 0 Å². The summed E-state index contributed by atoms with van der Waals surface area (Å²) in [7, 11) is 0. The van der Waals surface area contributed by atoms with Gasteiger partial charge in [-0.1, -0.05) is 133 Å². The van der Waals surface area contributed by atoms with Crippen LogP contribution in [0.15, 0.2) is 140 Å². The van der Waals surface area contributed by atoms with Crippen LogP contribution in [0.5, 0.6) is 0 Å². The first-order valence-electron chi connectivity index (χ1n) is 15.1. The largest absolute Gasteiger partial charge is 0.0622 e. The normalized spacial score (nSPS) is 12.3. The quantitative estimate of drug-likeness (QED) is 0.191. The van der Waals surface area contributed by atoms with Gasteiger partial charge >= 0.3 is 0 Å². The molecule has 0 saturated heterocycles. The molecule has 0 aliphatic rings. The van der Waals surface area contributed by atoms with Crippen LogP contribution in [0, 0.1) is 6.92 Å². The molecule has 10 rings (SSSR count). The summed E-state index contributed by atoms with van der Waals surface area (Å²) in [5.74, 6) is 0. The van der Waals surface area contributed by atoms with Crippen molar-refractivity contribution in [3.8, 4) is 22.3 Å². The maximum absolute atomic E-state index is 2.51. The average molecular weight is 543 g/mol. The molecule has 0 N–H and O–H groups in total. The van der Waals surface area contributed by atoms with E-state index in [0.29, 0.717) is 0 Å². The lowest BCUT2D eigenvalue weighted by Gasteiger charge is -2.19. The Hall–Kier alpha value is -5.46. The Balaban J connectivity index is 1.62. The second-order valence-electron chi connectivity index (χ2n) is 12.0. The van der Waals surface area contributed by atoms with Gasteiger partial charge in [-0.15, -0.1) is 0 Å². The van der Waals surface area contributed by atoms with Gasteiger partial charge < -0.3 is 0 Å². The smallest absolute Gasteiger partial charge is 0.000719 e. The number of aryl methyl sites for hydroxylation is 1. The number of hydrogen-bond donors (Lipinski definition) is 0. The molecule has 198 valence electrons. The Morgan fingerprint density at radius 2 is 0.767 bits per heavy atom. The number of benzene rings is 8. The highest BCUT2D eigenvalue weighted by Crippen LogP contribution is 2.54. The van der Waals surface area contributed by atoms with Crippen molar-refractivity contribution >= 4 is 75.4 Å². The molecule has 0 unspecified atom stereocenters. The Bertz CT molecular complexity index is 2700. The second kappa shape index (κ2) is 8.31. The number of hydrogen-bond acceptors (Lipinski definition) is 0. The van der Waals surface area contributed by atoms with E-state index >= 15 is 0 Å². The standard InChI is InChI=1S/C43H26/c1-25-22-23-34-39-28(25)18-10-21-33(39)43-38(27-14-6-3-7-15-27)41-32-20-11-19-31-29-16-8-9-17-30(29)35(40(31)32)24-36(41)37(42(34)43)26-12-4-2-5-13-26/h2-24H,1H3. The van der Waals surface area contributed by atoms with E-state index < -0.39 is 0 Å². The van der Waals surface area contributed by atoms with E-state index in [1.54, 1.807) is 0 Å². The number of rotatable bonds is 2. The topological polar surface area (TPSA) is 0 Å². The SMILES string of the molecule is Cc1ccc2c3c(-c4ccccc4)c4cc5c6ccccc6c6cccc(c4c(-c4ccccc4)c3c3cccc1c23)c65. The third-order valence-corrected chi connectivity index (χ3v) is 9.86. The third kappa shape index (κ3) is 2.90. The van der Waals surface area contributed by atoms with Crippen molar-refractivity contribution in [2.24, 2.45) is 0 Å². The summed E-state index contributed by atoms with van der Waals surface area (Å²) < 4.78 is 0. The van der Waals surface area contributed by atoms with Crippen LogP contribution in [-0.2, 0) is 0 Å². The highest BCUT2D eigenvalue weighted by Gasteiger charge is 2.26. The molecule has 0 spiro atoms. The molecule has 0 heteroatoms. The highest BCUT2D eigenvalue weighted by atomic mass is 14.3. The van der Waals surface area contributed by atoms with Crippen LogP contribution < -0.4 is 0 Å². The van der Waals surface area contributed by atoms with E-state index in [-0.39, 0.29) is 0 Å². The van der Waals surface area contributed by atoms with Crippen LogP contribution in [0.1, 0.15) is 5.56 Å². The van der Waals surface area contributed by atoms with Crippen LogP contribution >= 0.6 is 0 Å². The first kappa shape index (κ1) is 23.1. The van der Waals surface area contributed by atoms with Gasteiger partial charge in [0.1, 0.15) is 0 Å². The lowest BCUT2D eigenvalue weighted by molar-refractivity contribution is 1.55. The fourth-order valence-electron chi connectivity index (χ4n) is 8.16. The molecule has 0 amide bonds. The van der Waals surface area contributed by atoms with Gasteiger partial charge in [-0.2, -0.15) is 0 Å². The van der Waals surface area contributed by atoms with Crippen molar-refractivity contribution in [3.63, 3.8) is 0 Å². The molecule has 10 aromatic carbocycles. The number of fused-ring (bicyclic) bond motifs is 8. The van der Waals surface area contributed by atoms with Crippen LogP contribution in [-0.4, -0.2) is 0 Å². The van der Waals surface area contributed by atoms with E-state index in [1.165, 1.54) is 103 Å². The zero-order valence-electron chi connectivity index (χ0n) is 23.8. The minimum atomic E-state index is 1.26. The summed E-state index contributed by atoms with van der Waals surface area (Å²) >= 11 is 0. The molecule has 10 aromatic rings. The maximum Gasteiger partial charge on any atom is -0.000719 e. The Morgan fingerprint density at radius 3 is 1.49 bits per heavy atom. The van der Waals surface area contributed by atoms with Gasteiger partial charge in [0.05, 0.1) is 0 Å². The Labute approximate surface area is 249 Å². The van der Waals surface area contributed by atoms with Gasteiger partial charge in [-0.25, -0.2) is 0 Å². The molecule has 0 heterocycles. The molecule has 0 fully saturated rings. The van der Waals surface area contributed by atoms with Gasteiger partial charge in [0.25, 0.3) is 0 Å². The minimum absolute atomic E-state index is 1.26. The molecular formula is C43H26. The predicted molar refractivity (Wildman–Crippen MR) is 187 cm³/mol. The fraction of sp³-hybridized carbons (Fsp3) is 0.0233. The van der Waals surface area contributed by atoms with Gasteiger partial charge in [0.15, 0.2) is 0 Å². The molecule has 0 saturated carbocycles. The van der Waals surface area contributed by atoms with Crippen molar-refractivity contribution in [2.45, 2.75) is 6.92 Å². The molecule has 0 atom stereocenters. The van der Waals surface area contributed by atoms with Crippen molar-refractivity contribution in [3.05, 3.63) is 145 Å². The van der Waals surface area contributed by atoms with Crippen LogP contribution in [0.4, 0.5) is 0 Å². The summed E-state index contributed by atoms with van der Waals surface area (Å²) in [6.07, 6.45) is 0. The maximum atomic E-state index is 2.51. The average Bonchev–Trinajstić information content (AvgIpc) is 3.57. The first-order valence-corrected chi connectivity index (χ1v) is 15.1. The molecule has 0 aromatic heterocycles. The lowest BCUT2D eigenvalue weighted by atomic mass is 9.84.